The van der Waals surface area contributed by atoms with Gasteiger partial charge in [-0.25, -0.2) is 0 Å². The van der Waals surface area contributed by atoms with E-state index in [0.717, 1.165) is 44.6 Å². The highest BCUT2D eigenvalue weighted by atomic mass is 16.1. The van der Waals surface area contributed by atoms with Crippen LogP contribution in [0.2, 0.25) is 0 Å². The van der Waals surface area contributed by atoms with Crippen LogP contribution in [0.5, 0.6) is 0 Å². The normalized spacial score (nSPS) is 21.9. The van der Waals surface area contributed by atoms with E-state index in [2.05, 4.69) is 71.5 Å². The summed E-state index contributed by atoms with van der Waals surface area (Å²) in [5, 5.41) is 4.66. The zero-order chi connectivity index (χ0) is 24.9. The second kappa shape index (κ2) is 11.6. The van der Waals surface area contributed by atoms with Crippen LogP contribution >= 0.6 is 0 Å². The molecular formula is C32H43N3O. The molecule has 0 spiro atoms. The number of hydrogen-bond donors (Lipinski definition) is 2. The van der Waals surface area contributed by atoms with Crippen molar-refractivity contribution < 1.29 is 4.79 Å². The van der Waals surface area contributed by atoms with Crippen molar-refractivity contribution in [1.29, 1.82) is 0 Å². The average Bonchev–Trinajstić information content (AvgIpc) is 3.24. The first-order valence-electron chi connectivity index (χ1n) is 14.2. The molecule has 2 aliphatic rings. The van der Waals surface area contributed by atoms with E-state index in [9.17, 15) is 4.79 Å². The quantitative estimate of drug-likeness (QED) is 0.376. The number of para-hydroxylation sites is 1. The van der Waals surface area contributed by atoms with Crippen LogP contribution in [0, 0.1) is 12.8 Å². The van der Waals surface area contributed by atoms with Crippen LogP contribution in [0.4, 0.5) is 0 Å². The molecule has 1 amide bonds. The van der Waals surface area contributed by atoms with Crippen LogP contribution < -0.4 is 11.1 Å². The number of benzene rings is 2. The molecule has 0 aliphatic heterocycles. The number of carbonyl (C=O) groups is 1. The smallest absolute Gasteiger partial charge is 0.220 e. The fourth-order valence-corrected chi connectivity index (χ4v) is 6.59. The first kappa shape index (κ1) is 25.1. The van der Waals surface area contributed by atoms with Crippen LogP contribution in [0.3, 0.4) is 0 Å². The third kappa shape index (κ3) is 6.21. The Kier molecular flexibility index (Phi) is 8.11. The Bertz CT molecular complexity index is 1150. The molecule has 1 heterocycles. The second-order valence-corrected chi connectivity index (χ2v) is 11.5. The number of amides is 1. The monoisotopic (exact) mass is 485 g/mol. The molecule has 1 atom stereocenters. The van der Waals surface area contributed by atoms with Gasteiger partial charge < -0.3 is 15.6 Å². The van der Waals surface area contributed by atoms with Crippen molar-refractivity contribution in [2.75, 3.05) is 0 Å². The predicted octanol–water partition coefficient (Wildman–Crippen LogP) is 6.63. The highest BCUT2D eigenvalue weighted by Gasteiger charge is 2.25. The summed E-state index contributed by atoms with van der Waals surface area (Å²) in [5.41, 5.74) is 11.3. The lowest BCUT2D eigenvalue weighted by atomic mass is 9.87. The molecule has 2 fully saturated rings. The van der Waals surface area contributed by atoms with Gasteiger partial charge in [0, 0.05) is 42.1 Å². The van der Waals surface area contributed by atoms with Crippen molar-refractivity contribution in [2.24, 2.45) is 11.7 Å². The van der Waals surface area contributed by atoms with Crippen LogP contribution in [0.25, 0.3) is 10.9 Å². The van der Waals surface area contributed by atoms with Crippen molar-refractivity contribution in [3.05, 3.63) is 71.4 Å². The Morgan fingerprint density at radius 2 is 1.78 bits per heavy atom. The minimum absolute atomic E-state index is 0.148. The highest BCUT2D eigenvalue weighted by Crippen LogP contribution is 2.35. The molecule has 3 aromatic rings. The Morgan fingerprint density at radius 3 is 2.56 bits per heavy atom. The van der Waals surface area contributed by atoms with Gasteiger partial charge in [0.2, 0.25) is 5.91 Å². The Balaban J connectivity index is 1.41. The van der Waals surface area contributed by atoms with Crippen molar-refractivity contribution >= 4 is 16.8 Å². The standard InChI is InChI=1S/C32H43N3O/c1-23-8-7-11-25(18-23)19-26(20-32(36)34-28-16-14-27(33)15-17-28)30-22-35(21-24-9-3-2-4-10-24)31-13-6-5-12-29(30)31/h5-8,11-13,18,22,24,26-28H,2-4,9-10,14-17,19-21,33H2,1H3,(H,34,36)/t26?,27-,28-. The molecule has 0 saturated heterocycles. The molecule has 1 aromatic heterocycles. The summed E-state index contributed by atoms with van der Waals surface area (Å²) in [6.45, 7) is 3.24. The molecule has 0 radical (unpaired) electrons. The Morgan fingerprint density at radius 1 is 1.00 bits per heavy atom. The maximum absolute atomic E-state index is 13.3. The molecular weight excluding hydrogens is 442 g/mol. The summed E-state index contributed by atoms with van der Waals surface area (Å²) >= 11 is 0. The number of rotatable bonds is 8. The average molecular weight is 486 g/mol. The maximum Gasteiger partial charge on any atom is 0.220 e. The third-order valence-electron chi connectivity index (χ3n) is 8.57. The first-order chi connectivity index (χ1) is 17.5. The van der Waals surface area contributed by atoms with E-state index in [4.69, 9.17) is 5.73 Å². The van der Waals surface area contributed by atoms with E-state index in [1.165, 1.54) is 59.7 Å². The van der Waals surface area contributed by atoms with Gasteiger partial charge in [-0.2, -0.15) is 0 Å². The molecule has 2 aliphatic carbocycles. The molecule has 0 bridgehead atoms. The number of hydrogen-bond acceptors (Lipinski definition) is 2. The van der Waals surface area contributed by atoms with Gasteiger partial charge in [-0.3, -0.25) is 4.79 Å². The van der Waals surface area contributed by atoms with Gasteiger partial charge in [-0.05, 0) is 80.9 Å². The number of nitrogens with zero attached hydrogens (tertiary/aromatic N) is 1. The van der Waals surface area contributed by atoms with Crippen molar-refractivity contribution in [3.8, 4) is 0 Å². The second-order valence-electron chi connectivity index (χ2n) is 11.5. The van der Waals surface area contributed by atoms with E-state index in [1.54, 1.807) is 0 Å². The molecule has 3 N–H and O–H groups in total. The molecule has 192 valence electrons. The summed E-state index contributed by atoms with van der Waals surface area (Å²) in [6.07, 6.45) is 14.6. The van der Waals surface area contributed by atoms with Crippen molar-refractivity contribution in [1.82, 2.24) is 9.88 Å². The Hall–Kier alpha value is -2.59. The van der Waals surface area contributed by atoms with Crippen molar-refractivity contribution in [3.63, 3.8) is 0 Å². The molecule has 2 aromatic carbocycles. The van der Waals surface area contributed by atoms with Gasteiger partial charge in [0.25, 0.3) is 0 Å². The van der Waals surface area contributed by atoms with E-state index in [1.807, 2.05) is 0 Å². The number of carbonyl (C=O) groups excluding carboxylic acids is 1. The largest absolute Gasteiger partial charge is 0.353 e. The lowest BCUT2D eigenvalue weighted by Crippen LogP contribution is -2.40. The fourth-order valence-electron chi connectivity index (χ4n) is 6.59. The topological polar surface area (TPSA) is 60.1 Å². The number of nitrogens with one attached hydrogen (secondary N) is 1. The lowest BCUT2D eigenvalue weighted by molar-refractivity contribution is -0.122. The minimum atomic E-state index is 0.148. The van der Waals surface area contributed by atoms with E-state index >= 15 is 0 Å². The van der Waals surface area contributed by atoms with Crippen LogP contribution in [-0.4, -0.2) is 22.6 Å². The van der Waals surface area contributed by atoms with Gasteiger partial charge in [-0.15, -0.1) is 0 Å². The zero-order valence-corrected chi connectivity index (χ0v) is 21.9. The molecule has 36 heavy (non-hydrogen) atoms. The van der Waals surface area contributed by atoms with Crippen molar-refractivity contribution in [2.45, 2.75) is 102 Å². The van der Waals surface area contributed by atoms with E-state index in [-0.39, 0.29) is 17.9 Å². The van der Waals surface area contributed by atoms with E-state index in [0.29, 0.717) is 12.5 Å². The Labute approximate surface area is 216 Å². The fraction of sp³-hybridized carbons (Fsp3) is 0.531. The minimum Gasteiger partial charge on any atom is -0.353 e. The molecule has 5 rings (SSSR count). The van der Waals surface area contributed by atoms with E-state index < -0.39 is 0 Å². The molecule has 4 heteroatoms. The summed E-state index contributed by atoms with van der Waals surface area (Å²) < 4.78 is 2.49. The molecule has 4 nitrogen and oxygen atoms in total. The first-order valence-corrected chi connectivity index (χ1v) is 14.2. The molecule has 2 saturated carbocycles. The highest BCUT2D eigenvalue weighted by molar-refractivity contribution is 5.86. The van der Waals surface area contributed by atoms with Gasteiger partial charge in [-0.1, -0.05) is 67.3 Å². The van der Waals surface area contributed by atoms with Crippen LogP contribution in [0.15, 0.2) is 54.7 Å². The number of aryl methyl sites for hydroxylation is 1. The van der Waals surface area contributed by atoms with Gasteiger partial charge >= 0.3 is 0 Å². The SMILES string of the molecule is Cc1cccc(CC(CC(=O)N[C@H]2CC[C@H](N)CC2)c2cn(CC3CCCCC3)c3ccccc23)c1. The summed E-state index contributed by atoms with van der Waals surface area (Å²) in [5.74, 6) is 1.09. The zero-order valence-electron chi connectivity index (χ0n) is 21.9. The maximum atomic E-state index is 13.3. The molecule has 1 unspecified atom stereocenters. The third-order valence-corrected chi connectivity index (χ3v) is 8.57. The number of fused-ring (bicyclic) bond motifs is 1. The van der Waals surface area contributed by atoms with Crippen LogP contribution in [0.1, 0.15) is 86.8 Å². The lowest BCUT2D eigenvalue weighted by Gasteiger charge is -2.27. The van der Waals surface area contributed by atoms with Gasteiger partial charge in [0.05, 0.1) is 0 Å². The van der Waals surface area contributed by atoms with Gasteiger partial charge in [0.1, 0.15) is 0 Å². The summed E-state index contributed by atoms with van der Waals surface area (Å²) in [6, 6.07) is 18.1. The van der Waals surface area contributed by atoms with Gasteiger partial charge in [0.15, 0.2) is 0 Å². The number of aromatic nitrogens is 1. The summed E-state index contributed by atoms with van der Waals surface area (Å²) in [4.78, 5) is 13.3. The summed E-state index contributed by atoms with van der Waals surface area (Å²) in [7, 11) is 0. The predicted molar refractivity (Wildman–Crippen MR) is 149 cm³/mol. The number of nitrogens with two attached hydrogens (primary N) is 1. The van der Waals surface area contributed by atoms with Crippen LogP contribution in [-0.2, 0) is 17.8 Å².